The zero-order chi connectivity index (χ0) is 7.61. The summed E-state index contributed by atoms with van der Waals surface area (Å²) in [7, 11) is 4.62. The smallest absolute Gasteiger partial charge is 0.0912 e. The molecule has 76 valence electrons. The van der Waals surface area contributed by atoms with Crippen molar-refractivity contribution < 1.29 is 4.48 Å². The van der Waals surface area contributed by atoms with Gasteiger partial charge in [0.15, 0.2) is 0 Å². The Bertz CT molecular complexity index is 108. The third kappa shape index (κ3) is 4.51. The molecular weight excluding hydrogens is 195 g/mol. The van der Waals surface area contributed by atoms with Crippen LogP contribution in [0, 0.1) is 0 Å². The summed E-state index contributed by atoms with van der Waals surface area (Å²) >= 11 is 0. The Hall–Kier alpha value is 0.500. The molecule has 2 nitrogen and oxygen atoms in total. The van der Waals surface area contributed by atoms with E-state index in [-0.39, 0.29) is 24.8 Å². The van der Waals surface area contributed by atoms with Gasteiger partial charge < -0.3 is 4.48 Å². The highest BCUT2D eigenvalue weighted by Crippen LogP contribution is 2.04. The average Bonchev–Trinajstić information content (AvgIpc) is 1.88. The maximum atomic E-state index is 2.52. The van der Waals surface area contributed by atoms with Gasteiger partial charge in [-0.15, -0.1) is 24.8 Å². The highest BCUT2D eigenvalue weighted by atomic mass is 35.5. The predicted molar refractivity (Wildman–Crippen MR) is 58.5 cm³/mol. The second-order valence-electron chi connectivity index (χ2n) is 3.82. The summed E-state index contributed by atoms with van der Waals surface area (Å²) in [6, 6.07) is 0. The normalized spacial score (nSPS) is 22.2. The molecule has 12 heavy (non-hydrogen) atoms. The number of halogens is 2. The van der Waals surface area contributed by atoms with Gasteiger partial charge in [0, 0.05) is 13.1 Å². The lowest BCUT2D eigenvalue weighted by molar-refractivity contribution is -0.894. The van der Waals surface area contributed by atoms with E-state index in [0.29, 0.717) is 0 Å². The molecule has 0 aromatic heterocycles. The van der Waals surface area contributed by atoms with Gasteiger partial charge in [0.1, 0.15) is 0 Å². The molecule has 0 aromatic rings. The number of likely N-dealkylation sites (N-methyl/N-ethyl adjacent to an activating group) is 2. The summed E-state index contributed by atoms with van der Waals surface area (Å²) in [4.78, 5) is 2.52. The molecule has 1 heterocycles. The molecule has 0 aliphatic carbocycles. The summed E-state index contributed by atoms with van der Waals surface area (Å²) in [5.74, 6) is 0. The summed E-state index contributed by atoms with van der Waals surface area (Å²) < 4.78 is 1.20. The van der Waals surface area contributed by atoms with Gasteiger partial charge in [-0.1, -0.05) is 6.92 Å². The summed E-state index contributed by atoms with van der Waals surface area (Å²) in [5, 5.41) is 0. The molecule has 0 amide bonds. The van der Waals surface area contributed by atoms with Crippen LogP contribution in [0.15, 0.2) is 0 Å². The van der Waals surface area contributed by atoms with Gasteiger partial charge in [-0.05, 0) is 6.54 Å². The first kappa shape index (κ1) is 15.0. The number of piperazine rings is 1. The molecular formula is C8H21Cl2N2+. The van der Waals surface area contributed by atoms with Crippen molar-refractivity contribution in [2.75, 3.05) is 46.8 Å². The molecule has 0 bridgehead atoms. The topological polar surface area (TPSA) is 3.24 Å². The van der Waals surface area contributed by atoms with Crippen LogP contribution in [0.3, 0.4) is 0 Å². The molecule has 1 aliphatic rings. The van der Waals surface area contributed by atoms with Crippen LogP contribution in [-0.2, 0) is 0 Å². The van der Waals surface area contributed by atoms with E-state index in [2.05, 4.69) is 25.9 Å². The number of hydrogen-bond acceptors (Lipinski definition) is 1. The first-order valence-corrected chi connectivity index (χ1v) is 4.18. The number of hydrogen-bond donors (Lipinski definition) is 0. The van der Waals surface area contributed by atoms with E-state index in [4.69, 9.17) is 0 Å². The molecule has 1 fully saturated rings. The summed E-state index contributed by atoms with van der Waals surface area (Å²) in [5.41, 5.74) is 0. The lowest BCUT2D eigenvalue weighted by Gasteiger charge is -2.38. The highest BCUT2D eigenvalue weighted by Gasteiger charge is 2.22. The van der Waals surface area contributed by atoms with Crippen molar-refractivity contribution in [3.63, 3.8) is 0 Å². The van der Waals surface area contributed by atoms with Gasteiger partial charge in [-0.25, -0.2) is 0 Å². The Kier molecular flexibility index (Phi) is 7.54. The minimum atomic E-state index is 0. The monoisotopic (exact) mass is 215 g/mol. The predicted octanol–water partition coefficient (Wildman–Crippen LogP) is 1.24. The summed E-state index contributed by atoms with van der Waals surface area (Å²) in [6.07, 6.45) is 0. The number of quaternary nitrogens is 1. The van der Waals surface area contributed by atoms with E-state index in [1.807, 2.05) is 0 Å². The molecule has 1 aliphatic heterocycles. The van der Waals surface area contributed by atoms with Crippen LogP contribution in [0.4, 0.5) is 0 Å². The van der Waals surface area contributed by atoms with Crippen LogP contribution in [0.2, 0.25) is 0 Å². The van der Waals surface area contributed by atoms with Crippen LogP contribution in [0.25, 0.3) is 0 Å². The molecule has 0 radical (unpaired) electrons. The molecule has 0 atom stereocenters. The van der Waals surface area contributed by atoms with Crippen molar-refractivity contribution in [1.29, 1.82) is 0 Å². The first-order chi connectivity index (χ1) is 4.64. The van der Waals surface area contributed by atoms with E-state index >= 15 is 0 Å². The second kappa shape index (κ2) is 6.03. The Morgan fingerprint density at radius 3 is 1.83 bits per heavy atom. The minimum Gasteiger partial charge on any atom is -0.326 e. The van der Waals surface area contributed by atoms with Gasteiger partial charge in [0.25, 0.3) is 0 Å². The average molecular weight is 216 g/mol. The molecule has 1 saturated heterocycles. The van der Waals surface area contributed by atoms with E-state index < -0.39 is 0 Å². The Morgan fingerprint density at radius 1 is 1.08 bits per heavy atom. The SMILES string of the molecule is CCN1CC[N+](C)(C)CC1.Cl.Cl. The van der Waals surface area contributed by atoms with Gasteiger partial charge in [0.2, 0.25) is 0 Å². The van der Waals surface area contributed by atoms with Crippen molar-refractivity contribution in [2.24, 2.45) is 0 Å². The van der Waals surface area contributed by atoms with E-state index in [0.717, 1.165) is 0 Å². The van der Waals surface area contributed by atoms with Crippen molar-refractivity contribution >= 4 is 24.8 Å². The number of rotatable bonds is 1. The van der Waals surface area contributed by atoms with Crippen molar-refractivity contribution in [3.05, 3.63) is 0 Å². The molecule has 0 spiro atoms. The minimum absolute atomic E-state index is 0. The van der Waals surface area contributed by atoms with Gasteiger partial charge in [-0.2, -0.15) is 0 Å². The zero-order valence-electron chi connectivity index (χ0n) is 8.25. The third-order valence-corrected chi connectivity index (χ3v) is 2.49. The third-order valence-electron chi connectivity index (χ3n) is 2.49. The maximum Gasteiger partial charge on any atom is 0.0912 e. The van der Waals surface area contributed by atoms with E-state index in [1.54, 1.807) is 0 Å². The fourth-order valence-corrected chi connectivity index (χ4v) is 1.36. The first-order valence-electron chi connectivity index (χ1n) is 4.18. The van der Waals surface area contributed by atoms with Gasteiger partial charge in [0.05, 0.1) is 27.2 Å². The lowest BCUT2D eigenvalue weighted by atomic mass is 10.3. The van der Waals surface area contributed by atoms with Crippen molar-refractivity contribution in [2.45, 2.75) is 6.92 Å². The standard InChI is InChI=1S/C8H19N2.2ClH/c1-4-9-5-7-10(2,3)8-6-9;;/h4-8H2,1-3H3;2*1H/q+1;;. The molecule has 1 rings (SSSR count). The second-order valence-corrected chi connectivity index (χ2v) is 3.82. The van der Waals surface area contributed by atoms with E-state index in [1.165, 1.54) is 37.2 Å². The quantitative estimate of drug-likeness (QED) is 0.596. The lowest BCUT2D eigenvalue weighted by Crippen LogP contribution is -2.54. The Balaban J connectivity index is 0. The van der Waals surface area contributed by atoms with Crippen molar-refractivity contribution in [3.8, 4) is 0 Å². The Labute approximate surface area is 88.3 Å². The van der Waals surface area contributed by atoms with Gasteiger partial charge in [-0.3, -0.25) is 4.90 Å². The van der Waals surface area contributed by atoms with Crippen LogP contribution in [0.5, 0.6) is 0 Å². The Morgan fingerprint density at radius 2 is 1.50 bits per heavy atom. The molecule has 0 N–H and O–H groups in total. The van der Waals surface area contributed by atoms with Crippen LogP contribution >= 0.6 is 24.8 Å². The zero-order valence-corrected chi connectivity index (χ0v) is 9.88. The molecule has 0 unspecified atom stereocenters. The van der Waals surface area contributed by atoms with Crippen molar-refractivity contribution in [1.82, 2.24) is 4.90 Å². The highest BCUT2D eigenvalue weighted by molar-refractivity contribution is 5.85. The molecule has 0 saturated carbocycles. The summed E-state index contributed by atoms with van der Waals surface area (Å²) in [6.45, 7) is 8.65. The fraction of sp³-hybridized carbons (Fsp3) is 1.00. The van der Waals surface area contributed by atoms with Gasteiger partial charge >= 0.3 is 0 Å². The molecule has 0 aromatic carbocycles. The molecule has 4 heteroatoms. The van der Waals surface area contributed by atoms with Crippen LogP contribution in [-0.4, -0.2) is 56.2 Å². The van der Waals surface area contributed by atoms with Crippen LogP contribution in [0.1, 0.15) is 6.92 Å². The largest absolute Gasteiger partial charge is 0.326 e. The number of nitrogens with zero attached hydrogens (tertiary/aromatic N) is 2. The fourth-order valence-electron chi connectivity index (χ4n) is 1.36. The van der Waals surface area contributed by atoms with Crippen LogP contribution < -0.4 is 0 Å². The maximum absolute atomic E-state index is 2.52. The van der Waals surface area contributed by atoms with E-state index in [9.17, 15) is 0 Å².